The van der Waals surface area contributed by atoms with Gasteiger partial charge in [-0.25, -0.2) is 26.9 Å². The summed E-state index contributed by atoms with van der Waals surface area (Å²) in [5.74, 6) is -1.48. The molecular weight excluding hydrogens is 558 g/mol. The summed E-state index contributed by atoms with van der Waals surface area (Å²) in [4.78, 5) is 20.0. The number of nitrogens with one attached hydrogen (secondary N) is 1. The number of aryl methyl sites for hydroxylation is 3. The molecule has 1 aliphatic carbocycles. The minimum atomic E-state index is -3.78. The van der Waals surface area contributed by atoms with Crippen LogP contribution in [0, 0.1) is 18.6 Å². The molecule has 0 saturated carbocycles. The molecule has 0 radical (unpaired) electrons. The van der Waals surface area contributed by atoms with Crippen molar-refractivity contribution in [2.24, 2.45) is 7.05 Å². The minimum Gasteiger partial charge on any atom is -0.337 e. The van der Waals surface area contributed by atoms with Gasteiger partial charge < -0.3 is 9.47 Å². The first-order valence-corrected chi connectivity index (χ1v) is 15.4. The average molecular weight is 593 g/mol. The van der Waals surface area contributed by atoms with Crippen LogP contribution < -0.4 is 9.62 Å². The molecule has 1 aromatic heterocycles. The zero-order valence-corrected chi connectivity index (χ0v) is 24.7. The predicted octanol–water partition coefficient (Wildman–Crippen LogP) is 6.09. The third-order valence-corrected chi connectivity index (χ3v) is 9.32. The van der Waals surface area contributed by atoms with Gasteiger partial charge in [-0.2, -0.15) is 0 Å². The number of carbonyl (C=O) groups is 1. The fourth-order valence-corrected chi connectivity index (χ4v) is 6.87. The van der Waals surface area contributed by atoms with Gasteiger partial charge in [0.05, 0.1) is 11.4 Å². The highest BCUT2D eigenvalue weighted by Gasteiger charge is 2.29. The van der Waals surface area contributed by atoms with E-state index in [0.29, 0.717) is 17.9 Å². The second kappa shape index (κ2) is 12.1. The summed E-state index contributed by atoms with van der Waals surface area (Å²) in [5, 5.41) is 0. The Morgan fingerprint density at radius 2 is 1.95 bits per heavy atom. The van der Waals surface area contributed by atoms with E-state index in [4.69, 9.17) is 0 Å². The highest BCUT2D eigenvalue weighted by Crippen LogP contribution is 2.35. The van der Waals surface area contributed by atoms with Crippen molar-refractivity contribution in [2.75, 3.05) is 4.90 Å². The van der Waals surface area contributed by atoms with Crippen molar-refractivity contribution in [1.82, 2.24) is 14.3 Å². The Kier molecular flexibility index (Phi) is 8.56. The first-order valence-electron chi connectivity index (χ1n) is 13.9. The number of carbonyl (C=O) groups excluding carboxylic acids is 1. The van der Waals surface area contributed by atoms with Crippen molar-refractivity contribution >= 4 is 21.6 Å². The van der Waals surface area contributed by atoms with Crippen LogP contribution in [0.25, 0.3) is 0 Å². The third-order valence-electron chi connectivity index (χ3n) is 7.85. The zero-order valence-electron chi connectivity index (χ0n) is 23.8. The Labute approximate surface area is 245 Å². The van der Waals surface area contributed by atoms with Gasteiger partial charge in [0.25, 0.3) is 0 Å². The standard InChI is InChI=1S/C32H34F2N4O3S/c1-21-6-4-8-26(16-21)42(40,41)36-30-9-5-7-23-10-12-25(19-28(23)30)38(20-31-35-14-15-37(31)3)32(39)17-22(2)27-13-11-24(33)18-29(27)34/h4,6,8,10-16,18-19,22,30,36H,5,7,9,17,20H2,1-3H3/t22-,30+/m1/s1. The molecule has 220 valence electrons. The van der Waals surface area contributed by atoms with Gasteiger partial charge in [-0.1, -0.05) is 31.2 Å². The summed E-state index contributed by atoms with van der Waals surface area (Å²) in [6.45, 7) is 3.75. The van der Waals surface area contributed by atoms with Gasteiger partial charge >= 0.3 is 0 Å². The number of rotatable bonds is 9. The summed E-state index contributed by atoms with van der Waals surface area (Å²) in [6.07, 6.45) is 5.66. The lowest BCUT2D eigenvalue weighted by molar-refractivity contribution is -0.119. The molecule has 10 heteroatoms. The molecule has 7 nitrogen and oxygen atoms in total. The number of fused-ring (bicyclic) bond motifs is 1. The number of benzene rings is 3. The molecule has 2 atom stereocenters. The number of anilines is 1. The number of hydrogen-bond donors (Lipinski definition) is 1. The van der Waals surface area contributed by atoms with Crippen molar-refractivity contribution in [3.63, 3.8) is 0 Å². The fraction of sp³-hybridized carbons (Fsp3) is 0.312. The summed E-state index contributed by atoms with van der Waals surface area (Å²) in [5.41, 5.74) is 3.55. The molecule has 0 saturated heterocycles. The van der Waals surface area contributed by atoms with E-state index in [0.717, 1.165) is 35.6 Å². The van der Waals surface area contributed by atoms with Crippen LogP contribution in [0.4, 0.5) is 14.5 Å². The lowest BCUT2D eigenvalue weighted by Crippen LogP contribution is -2.34. The fourth-order valence-electron chi connectivity index (χ4n) is 5.51. The van der Waals surface area contributed by atoms with Crippen LogP contribution in [0.5, 0.6) is 0 Å². The Morgan fingerprint density at radius 3 is 2.67 bits per heavy atom. The van der Waals surface area contributed by atoms with Crippen molar-refractivity contribution in [3.05, 3.63) is 113 Å². The van der Waals surface area contributed by atoms with E-state index >= 15 is 0 Å². The van der Waals surface area contributed by atoms with Gasteiger partial charge in [0, 0.05) is 43.7 Å². The van der Waals surface area contributed by atoms with Crippen molar-refractivity contribution in [3.8, 4) is 0 Å². The molecule has 5 rings (SSSR count). The van der Waals surface area contributed by atoms with Crippen molar-refractivity contribution in [1.29, 1.82) is 0 Å². The molecule has 0 unspecified atom stereocenters. The van der Waals surface area contributed by atoms with Gasteiger partial charge in [0.2, 0.25) is 15.9 Å². The summed E-state index contributed by atoms with van der Waals surface area (Å²) in [7, 11) is -1.94. The highest BCUT2D eigenvalue weighted by atomic mass is 32.2. The van der Waals surface area contributed by atoms with E-state index in [9.17, 15) is 22.0 Å². The number of sulfonamides is 1. The molecule has 1 N–H and O–H groups in total. The van der Waals surface area contributed by atoms with Gasteiger partial charge in [-0.05, 0) is 84.7 Å². The van der Waals surface area contributed by atoms with Crippen LogP contribution in [0.3, 0.4) is 0 Å². The van der Waals surface area contributed by atoms with Crippen LogP contribution in [-0.4, -0.2) is 23.9 Å². The van der Waals surface area contributed by atoms with E-state index in [2.05, 4.69) is 9.71 Å². The quantitative estimate of drug-likeness (QED) is 0.255. The molecule has 1 heterocycles. The number of imidazole rings is 1. The summed E-state index contributed by atoms with van der Waals surface area (Å²) in [6, 6.07) is 15.4. The first kappa shape index (κ1) is 29.6. The zero-order chi connectivity index (χ0) is 30.0. The van der Waals surface area contributed by atoms with Gasteiger partial charge in [-0.15, -0.1) is 0 Å². The molecule has 3 aromatic carbocycles. The maximum absolute atomic E-state index is 14.5. The Balaban J connectivity index is 1.47. The topological polar surface area (TPSA) is 84.3 Å². The van der Waals surface area contributed by atoms with Gasteiger partial charge in [0.1, 0.15) is 17.5 Å². The molecule has 0 spiro atoms. The van der Waals surface area contributed by atoms with Gasteiger partial charge in [0.15, 0.2) is 0 Å². The second-order valence-electron chi connectivity index (χ2n) is 11.0. The van der Waals surface area contributed by atoms with Crippen molar-refractivity contribution in [2.45, 2.75) is 62.9 Å². The van der Waals surface area contributed by atoms with E-state index in [1.165, 1.54) is 12.1 Å². The maximum atomic E-state index is 14.5. The average Bonchev–Trinajstić information content (AvgIpc) is 3.35. The molecule has 0 fully saturated rings. The van der Waals surface area contributed by atoms with Crippen LogP contribution in [-0.2, 0) is 34.8 Å². The Hall–Kier alpha value is -3.89. The Bertz CT molecular complexity index is 1720. The lowest BCUT2D eigenvalue weighted by Gasteiger charge is -2.30. The van der Waals surface area contributed by atoms with E-state index in [1.54, 1.807) is 42.4 Å². The van der Waals surface area contributed by atoms with Crippen LogP contribution in [0.1, 0.15) is 66.2 Å². The normalized spacial score (nSPS) is 15.7. The largest absolute Gasteiger partial charge is 0.337 e. The first-order chi connectivity index (χ1) is 20.0. The smallest absolute Gasteiger partial charge is 0.241 e. The van der Waals surface area contributed by atoms with Crippen LogP contribution in [0.15, 0.2) is 78.0 Å². The second-order valence-corrected chi connectivity index (χ2v) is 12.7. The number of aromatic nitrogens is 2. The van der Waals surface area contributed by atoms with Gasteiger partial charge in [-0.3, -0.25) is 4.79 Å². The highest BCUT2D eigenvalue weighted by molar-refractivity contribution is 7.89. The maximum Gasteiger partial charge on any atom is 0.241 e. The SMILES string of the molecule is Cc1cccc(S(=O)(=O)N[C@H]2CCCc3ccc(N(Cc4nccn4C)C(=O)C[C@@H](C)c4ccc(F)cc4F)cc32)c1. The molecular formula is C32H34F2N4O3S. The predicted molar refractivity (Wildman–Crippen MR) is 157 cm³/mol. The summed E-state index contributed by atoms with van der Waals surface area (Å²) < 4.78 is 59.3. The summed E-state index contributed by atoms with van der Waals surface area (Å²) >= 11 is 0. The number of amides is 1. The lowest BCUT2D eigenvalue weighted by atomic mass is 9.87. The Morgan fingerprint density at radius 1 is 1.14 bits per heavy atom. The molecule has 0 bridgehead atoms. The number of nitrogens with zero attached hydrogens (tertiary/aromatic N) is 3. The van der Waals surface area contributed by atoms with E-state index < -0.39 is 33.6 Å². The van der Waals surface area contributed by atoms with Crippen LogP contribution in [0.2, 0.25) is 0 Å². The van der Waals surface area contributed by atoms with Crippen LogP contribution >= 0.6 is 0 Å². The molecule has 42 heavy (non-hydrogen) atoms. The number of hydrogen-bond acceptors (Lipinski definition) is 4. The molecule has 4 aromatic rings. The molecule has 1 amide bonds. The molecule has 0 aliphatic heterocycles. The third kappa shape index (κ3) is 6.44. The monoisotopic (exact) mass is 592 g/mol. The number of halogens is 2. The van der Waals surface area contributed by atoms with E-state index in [-0.39, 0.29) is 29.3 Å². The minimum absolute atomic E-state index is 0.0204. The van der Waals surface area contributed by atoms with E-state index in [1.807, 2.05) is 42.8 Å². The van der Waals surface area contributed by atoms with Crippen molar-refractivity contribution < 1.29 is 22.0 Å². The molecule has 1 aliphatic rings.